The molecule has 4 heteroatoms. The lowest BCUT2D eigenvalue weighted by atomic mass is 9.83. The van der Waals surface area contributed by atoms with Crippen LogP contribution >= 0.6 is 11.6 Å². The van der Waals surface area contributed by atoms with E-state index in [0.29, 0.717) is 12.8 Å². The first kappa shape index (κ1) is 7.92. The maximum atomic E-state index is 12.4. The monoisotopic (exact) mass is 170 g/mol. The van der Waals surface area contributed by atoms with E-state index in [-0.39, 0.29) is 0 Å². The lowest BCUT2D eigenvalue weighted by Gasteiger charge is -2.33. The van der Waals surface area contributed by atoms with E-state index in [0.717, 1.165) is 6.42 Å². The summed E-state index contributed by atoms with van der Waals surface area (Å²) in [5.74, 6) is -1.44. The Hall–Kier alpha value is -0.180. The molecule has 0 unspecified atom stereocenters. The third-order valence-electron chi connectivity index (χ3n) is 1.71. The molecule has 0 saturated heterocycles. The highest BCUT2D eigenvalue weighted by Gasteiger charge is 2.41. The van der Waals surface area contributed by atoms with Gasteiger partial charge < -0.3 is 0 Å². The van der Waals surface area contributed by atoms with Crippen LogP contribution in [0.3, 0.4) is 0 Å². The van der Waals surface area contributed by atoms with Crippen molar-refractivity contribution in [3.05, 3.63) is 11.9 Å². The summed E-state index contributed by atoms with van der Waals surface area (Å²) in [6, 6.07) is 0. The van der Waals surface area contributed by atoms with Gasteiger partial charge in [-0.1, -0.05) is 0 Å². The molecule has 0 nitrogen and oxygen atoms in total. The summed E-state index contributed by atoms with van der Waals surface area (Å²) in [7, 11) is 0. The number of alkyl halides is 1. The van der Waals surface area contributed by atoms with Crippen LogP contribution in [-0.4, -0.2) is 4.87 Å². The van der Waals surface area contributed by atoms with Crippen LogP contribution in [0.15, 0.2) is 11.9 Å². The van der Waals surface area contributed by atoms with E-state index in [1.807, 2.05) is 0 Å². The van der Waals surface area contributed by atoms with Gasteiger partial charge in [-0.05, 0) is 19.3 Å². The fraction of sp³-hybridized carbons (Fsp3) is 0.667. The van der Waals surface area contributed by atoms with E-state index in [1.165, 1.54) is 0 Å². The van der Waals surface area contributed by atoms with E-state index in [2.05, 4.69) is 0 Å². The first-order valence-corrected chi connectivity index (χ1v) is 3.34. The molecule has 0 atom stereocenters. The molecule has 0 aromatic heterocycles. The van der Waals surface area contributed by atoms with Crippen molar-refractivity contribution < 1.29 is 13.2 Å². The quantitative estimate of drug-likeness (QED) is 0.530. The van der Waals surface area contributed by atoms with Gasteiger partial charge in [0.25, 0.3) is 0 Å². The molecule has 1 aliphatic carbocycles. The Kier molecular flexibility index (Phi) is 1.95. The number of allylic oxidation sites excluding steroid dienone is 1. The van der Waals surface area contributed by atoms with Crippen molar-refractivity contribution >= 4 is 11.6 Å². The molecule has 0 amide bonds. The van der Waals surface area contributed by atoms with Gasteiger partial charge in [0.05, 0.1) is 0 Å². The fourth-order valence-corrected chi connectivity index (χ4v) is 1.21. The van der Waals surface area contributed by atoms with Crippen LogP contribution in [-0.2, 0) is 0 Å². The standard InChI is InChI=1S/C6H6ClF3/c7-6(2-1-3-6)4(8)5(9)10/h1-3H2. The first-order chi connectivity index (χ1) is 4.56. The van der Waals surface area contributed by atoms with Crippen molar-refractivity contribution in [1.29, 1.82) is 0 Å². The normalized spacial score (nSPS) is 21.6. The molecule has 0 aliphatic heterocycles. The summed E-state index contributed by atoms with van der Waals surface area (Å²) in [6.45, 7) is 0. The van der Waals surface area contributed by atoms with Crippen molar-refractivity contribution in [3.8, 4) is 0 Å². The lowest BCUT2D eigenvalue weighted by molar-refractivity contribution is 0.291. The minimum absolute atomic E-state index is 0.317. The molecular weight excluding hydrogens is 165 g/mol. The van der Waals surface area contributed by atoms with Crippen molar-refractivity contribution in [3.63, 3.8) is 0 Å². The van der Waals surface area contributed by atoms with Crippen LogP contribution in [0, 0.1) is 0 Å². The molecule has 0 radical (unpaired) electrons. The van der Waals surface area contributed by atoms with Crippen molar-refractivity contribution in [2.24, 2.45) is 0 Å². The molecule has 0 aromatic rings. The maximum absolute atomic E-state index is 12.4. The SMILES string of the molecule is FC(F)=C(F)C1(Cl)CCC1. The van der Waals surface area contributed by atoms with Gasteiger partial charge in [0, 0.05) is 0 Å². The summed E-state index contributed by atoms with van der Waals surface area (Å²) in [6.07, 6.45) is -0.922. The third-order valence-corrected chi connectivity index (χ3v) is 2.25. The summed E-state index contributed by atoms with van der Waals surface area (Å²) < 4.78 is 35.5. The zero-order valence-corrected chi connectivity index (χ0v) is 5.89. The molecule has 58 valence electrons. The Balaban J connectivity index is 2.73. The lowest BCUT2D eigenvalue weighted by Crippen LogP contribution is -2.31. The van der Waals surface area contributed by atoms with Crippen molar-refractivity contribution in [2.75, 3.05) is 0 Å². The second-order valence-electron chi connectivity index (χ2n) is 2.39. The minimum Gasteiger partial charge on any atom is -0.204 e. The highest BCUT2D eigenvalue weighted by Crippen LogP contribution is 2.46. The van der Waals surface area contributed by atoms with Crippen molar-refractivity contribution in [1.82, 2.24) is 0 Å². The van der Waals surface area contributed by atoms with E-state index in [4.69, 9.17) is 11.6 Å². The Labute approximate surface area is 61.7 Å². The van der Waals surface area contributed by atoms with Crippen molar-refractivity contribution in [2.45, 2.75) is 24.1 Å². The zero-order valence-electron chi connectivity index (χ0n) is 5.13. The van der Waals surface area contributed by atoms with Gasteiger partial charge in [-0.2, -0.15) is 8.78 Å². The van der Waals surface area contributed by atoms with Crippen LogP contribution in [0.25, 0.3) is 0 Å². The number of hydrogen-bond donors (Lipinski definition) is 0. The third kappa shape index (κ3) is 1.15. The van der Waals surface area contributed by atoms with Gasteiger partial charge in [0.2, 0.25) is 0 Å². The van der Waals surface area contributed by atoms with Gasteiger partial charge in [0.1, 0.15) is 4.87 Å². The van der Waals surface area contributed by atoms with Gasteiger partial charge in [-0.25, -0.2) is 4.39 Å². The topological polar surface area (TPSA) is 0 Å². The molecule has 1 aliphatic rings. The highest BCUT2D eigenvalue weighted by atomic mass is 35.5. The average molecular weight is 171 g/mol. The first-order valence-electron chi connectivity index (χ1n) is 2.96. The summed E-state index contributed by atoms with van der Waals surface area (Å²) in [5, 5.41) is 0. The Bertz CT molecular complexity index is 168. The summed E-state index contributed by atoms with van der Waals surface area (Å²) in [4.78, 5) is -1.36. The smallest absolute Gasteiger partial charge is 0.204 e. The second-order valence-corrected chi connectivity index (χ2v) is 3.12. The molecule has 10 heavy (non-hydrogen) atoms. The Morgan fingerprint density at radius 2 is 1.70 bits per heavy atom. The predicted octanol–water partition coefficient (Wildman–Crippen LogP) is 3.23. The molecule has 0 heterocycles. The van der Waals surface area contributed by atoms with Crippen LogP contribution in [0.5, 0.6) is 0 Å². The molecule has 1 rings (SSSR count). The molecule has 0 aromatic carbocycles. The molecule has 1 saturated carbocycles. The van der Waals surface area contributed by atoms with Gasteiger partial charge in [-0.3, -0.25) is 0 Å². The summed E-state index contributed by atoms with van der Waals surface area (Å²) >= 11 is 5.44. The zero-order chi connectivity index (χ0) is 7.78. The molecular formula is C6H6ClF3. The van der Waals surface area contributed by atoms with E-state index < -0.39 is 16.8 Å². The molecule has 0 spiro atoms. The fourth-order valence-electron chi connectivity index (χ4n) is 0.876. The second kappa shape index (κ2) is 2.46. The number of halogens is 4. The van der Waals surface area contributed by atoms with Gasteiger partial charge in [0.15, 0.2) is 5.83 Å². The number of hydrogen-bond acceptors (Lipinski definition) is 0. The van der Waals surface area contributed by atoms with Crippen LogP contribution in [0.2, 0.25) is 0 Å². The van der Waals surface area contributed by atoms with Gasteiger partial charge >= 0.3 is 6.08 Å². The largest absolute Gasteiger partial charge is 0.303 e. The predicted molar refractivity (Wildman–Crippen MR) is 32.8 cm³/mol. The van der Waals surface area contributed by atoms with E-state index in [9.17, 15) is 13.2 Å². The number of rotatable bonds is 1. The Morgan fingerprint density at radius 3 is 1.80 bits per heavy atom. The minimum atomic E-state index is -2.28. The maximum Gasteiger partial charge on any atom is 0.303 e. The van der Waals surface area contributed by atoms with Crippen LogP contribution in [0.4, 0.5) is 13.2 Å². The Morgan fingerprint density at radius 1 is 1.20 bits per heavy atom. The molecule has 0 bridgehead atoms. The molecule has 0 N–H and O–H groups in total. The molecule has 1 fully saturated rings. The van der Waals surface area contributed by atoms with E-state index in [1.54, 1.807) is 0 Å². The van der Waals surface area contributed by atoms with E-state index >= 15 is 0 Å². The van der Waals surface area contributed by atoms with Gasteiger partial charge in [-0.15, -0.1) is 11.6 Å². The average Bonchev–Trinajstić information content (AvgIpc) is 1.81. The highest BCUT2D eigenvalue weighted by molar-refractivity contribution is 6.26. The van der Waals surface area contributed by atoms with Crippen LogP contribution in [0.1, 0.15) is 19.3 Å². The summed E-state index contributed by atoms with van der Waals surface area (Å²) in [5.41, 5.74) is 0. The van der Waals surface area contributed by atoms with Crippen LogP contribution < -0.4 is 0 Å².